The summed E-state index contributed by atoms with van der Waals surface area (Å²) in [6.45, 7) is 6.10. The lowest BCUT2D eigenvalue weighted by atomic mass is 9.73. The SMILES string of the molecule is Cc1c(C(=O)NC[C@H]2[C@@H]3CNC[C@@H](C3)[C@@H]3CCCCN32)oc2ccccc12.Cl.Cl. The topological polar surface area (TPSA) is 57.5 Å². The lowest BCUT2D eigenvalue weighted by molar-refractivity contribution is -0.0372. The fourth-order valence-corrected chi connectivity index (χ4v) is 5.72. The zero-order valence-corrected chi connectivity index (χ0v) is 18.5. The lowest BCUT2D eigenvalue weighted by Crippen LogP contribution is -2.65. The molecular formula is C22H31Cl2N3O2. The Kier molecular flexibility index (Phi) is 7.15. The minimum absolute atomic E-state index is 0. The molecule has 0 spiro atoms. The molecule has 0 radical (unpaired) electrons. The van der Waals surface area contributed by atoms with Crippen LogP contribution in [-0.4, -0.2) is 49.1 Å². The number of carbonyl (C=O) groups excluding carboxylic acids is 1. The van der Waals surface area contributed by atoms with Crippen molar-refractivity contribution in [2.75, 3.05) is 26.2 Å². The molecule has 0 aliphatic carbocycles. The van der Waals surface area contributed by atoms with Crippen molar-refractivity contribution < 1.29 is 9.21 Å². The Morgan fingerprint density at radius 1 is 1.21 bits per heavy atom. The van der Waals surface area contributed by atoms with Crippen LogP contribution in [0.15, 0.2) is 28.7 Å². The minimum atomic E-state index is -0.0804. The predicted octanol–water partition coefficient (Wildman–Crippen LogP) is 3.78. The molecule has 0 saturated carbocycles. The first-order valence-electron chi connectivity index (χ1n) is 10.4. The number of piperidine rings is 3. The van der Waals surface area contributed by atoms with E-state index in [1.165, 1.54) is 32.2 Å². The van der Waals surface area contributed by atoms with Gasteiger partial charge in [0.15, 0.2) is 5.76 Å². The average Bonchev–Trinajstić information content (AvgIpc) is 3.05. The van der Waals surface area contributed by atoms with Gasteiger partial charge in [-0.3, -0.25) is 9.69 Å². The highest BCUT2D eigenvalue weighted by Gasteiger charge is 2.45. The van der Waals surface area contributed by atoms with Crippen LogP contribution in [0, 0.1) is 18.8 Å². The molecular weight excluding hydrogens is 409 g/mol. The molecule has 160 valence electrons. The number of fused-ring (bicyclic) bond motifs is 5. The molecule has 1 amide bonds. The first kappa shape index (κ1) is 22.4. The van der Waals surface area contributed by atoms with Crippen molar-refractivity contribution in [1.82, 2.24) is 15.5 Å². The van der Waals surface area contributed by atoms with E-state index in [-0.39, 0.29) is 30.7 Å². The molecule has 3 aliphatic rings. The van der Waals surface area contributed by atoms with Gasteiger partial charge in [-0.1, -0.05) is 24.6 Å². The molecule has 2 aromatic rings. The first-order chi connectivity index (χ1) is 13.2. The smallest absolute Gasteiger partial charge is 0.287 e. The van der Waals surface area contributed by atoms with Crippen molar-refractivity contribution in [3.05, 3.63) is 35.6 Å². The predicted molar refractivity (Wildman–Crippen MR) is 120 cm³/mol. The van der Waals surface area contributed by atoms with Gasteiger partial charge in [-0.05, 0) is 63.7 Å². The summed E-state index contributed by atoms with van der Waals surface area (Å²) < 4.78 is 5.85. The molecule has 3 aliphatic heterocycles. The van der Waals surface area contributed by atoms with E-state index in [9.17, 15) is 4.79 Å². The van der Waals surface area contributed by atoms with E-state index in [4.69, 9.17) is 4.42 Å². The number of hydrogen-bond donors (Lipinski definition) is 2. The number of nitrogens with zero attached hydrogens (tertiary/aromatic N) is 1. The van der Waals surface area contributed by atoms with Crippen molar-refractivity contribution in [3.8, 4) is 0 Å². The maximum atomic E-state index is 12.9. The normalized spacial score (nSPS) is 28.7. The molecule has 1 aromatic carbocycles. The van der Waals surface area contributed by atoms with E-state index in [1.54, 1.807) is 0 Å². The van der Waals surface area contributed by atoms with Gasteiger partial charge in [-0.2, -0.15) is 0 Å². The quantitative estimate of drug-likeness (QED) is 0.763. The van der Waals surface area contributed by atoms with Crippen molar-refractivity contribution in [2.24, 2.45) is 11.8 Å². The molecule has 2 N–H and O–H groups in total. The summed E-state index contributed by atoms with van der Waals surface area (Å²) in [7, 11) is 0. The van der Waals surface area contributed by atoms with Crippen LogP contribution in [0.2, 0.25) is 0 Å². The molecule has 3 fully saturated rings. The van der Waals surface area contributed by atoms with Gasteiger partial charge in [0.2, 0.25) is 0 Å². The number of halogens is 2. The largest absolute Gasteiger partial charge is 0.451 e. The van der Waals surface area contributed by atoms with Crippen LogP contribution in [0.25, 0.3) is 11.0 Å². The summed E-state index contributed by atoms with van der Waals surface area (Å²) in [6, 6.07) is 8.99. The number of amides is 1. The van der Waals surface area contributed by atoms with Gasteiger partial charge in [-0.15, -0.1) is 24.8 Å². The third-order valence-corrected chi connectivity index (χ3v) is 7.05. The number of aryl methyl sites for hydroxylation is 1. The van der Waals surface area contributed by atoms with E-state index in [2.05, 4.69) is 15.5 Å². The highest BCUT2D eigenvalue weighted by atomic mass is 35.5. The van der Waals surface area contributed by atoms with E-state index in [1.807, 2.05) is 31.2 Å². The Hall–Kier alpha value is -1.27. The molecule has 29 heavy (non-hydrogen) atoms. The third-order valence-electron chi connectivity index (χ3n) is 7.05. The van der Waals surface area contributed by atoms with Gasteiger partial charge in [0.1, 0.15) is 5.58 Å². The van der Waals surface area contributed by atoms with Gasteiger partial charge in [0.05, 0.1) is 0 Å². The molecule has 7 heteroatoms. The summed E-state index contributed by atoms with van der Waals surface area (Å²) in [4.78, 5) is 15.6. The van der Waals surface area contributed by atoms with Gasteiger partial charge in [0.25, 0.3) is 5.91 Å². The van der Waals surface area contributed by atoms with Crippen LogP contribution in [0.1, 0.15) is 41.8 Å². The van der Waals surface area contributed by atoms with Crippen molar-refractivity contribution >= 4 is 41.7 Å². The average molecular weight is 440 g/mol. The molecule has 2 bridgehead atoms. The van der Waals surface area contributed by atoms with Gasteiger partial charge < -0.3 is 15.1 Å². The summed E-state index contributed by atoms with van der Waals surface area (Å²) >= 11 is 0. The van der Waals surface area contributed by atoms with E-state index >= 15 is 0 Å². The minimum Gasteiger partial charge on any atom is -0.451 e. The molecule has 1 aromatic heterocycles. The number of hydrogen-bond acceptors (Lipinski definition) is 4. The highest BCUT2D eigenvalue weighted by Crippen LogP contribution is 2.38. The lowest BCUT2D eigenvalue weighted by Gasteiger charge is -2.55. The molecule has 0 unspecified atom stereocenters. The third kappa shape index (κ3) is 4.02. The Balaban J connectivity index is 0.00000120. The number of nitrogens with one attached hydrogen (secondary N) is 2. The van der Waals surface area contributed by atoms with Crippen LogP contribution >= 0.6 is 24.8 Å². The highest BCUT2D eigenvalue weighted by molar-refractivity contribution is 5.98. The number of carbonyl (C=O) groups is 1. The molecule has 4 atom stereocenters. The Labute approximate surface area is 184 Å². The first-order valence-corrected chi connectivity index (χ1v) is 10.4. The van der Waals surface area contributed by atoms with Crippen LogP contribution in [0.3, 0.4) is 0 Å². The van der Waals surface area contributed by atoms with Crippen molar-refractivity contribution in [3.63, 3.8) is 0 Å². The number of furan rings is 1. The monoisotopic (exact) mass is 439 g/mol. The molecule has 5 rings (SSSR count). The number of para-hydroxylation sites is 1. The molecule has 3 saturated heterocycles. The van der Waals surface area contributed by atoms with E-state index < -0.39 is 0 Å². The molecule has 4 heterocycles. The van der Waals surface area contributed by atoms with Crippen LogP contribution in [0.5, 0.6) is 0 Å². The fraction of sp³-hybridized carbons (Fsp3) is 0.591. The summed E-state index contributed by atoms with van der Waals surface area (Å²) in [5.41, 5.74) is 1.72. The summed E-state index contributed by atoms with van der Waals surface area (Å²) in [5, 5.41) is 7.87. The number of benzene rings is 1. The maximum Gasteiger partial charge on any atom is 0.287 e. The van der Waals surface area contributed by atoms with Gasteiger partial charge in [0, 0.05) is 29.6 Å². The Bertz CT molecular complexity index is 856. The second kappa shape index (κ2) is 9.25. The Morgan fingerprint density at radius 3 is 2.83 bits per heavy atom. The summed E-state index contributed by atoms with van der Waals surface area (Å²) in [5.74, 6) is 1.80. The maximum absolute atomic E-state index is 12.9. The molecule has 5 nitrogen and oxygen atoms in total. The van der Waals surface area contributed by atoms with Crippen molar-refractivity contribution in [1.29, 1.82) is 0 Å². The second-order valence-corrected chi connectivity index (χ2v) is 8.54. The van der Waals surface area contributed by atoms with E-state index in [0.717, 1.165) is 35.5 Å². The Morgan fingerprint density at radius 2 is 2.00 bits per heavy atom. The van der Waals surface area contributed by atoms with Crippen LogP contribution in [-0.2, 0) is 0 Å². The zero-order chi connectivity index (χ0) is 18.4. The van der Waals surface area contributed by atoms with Gasteiger partial charge in [-0.25, -0.2) is 0 Å². The van der Waals surface area contributed by atoms with Crippen LogP contribution < -0.4 is 10.6 Å². The standard InChI is InChI=1S/C22H29N3O2.2ClH/c1-14-17-6-2-3-8-20(17)27-21(14)22(26)24-13-19-16-10-15(11-23-12-16)18-7-4-5-9-25(18)19;;/h2-3,6,8,15-16,18-19,23H,4-5,7,9-13H2,1H3,(H,24,26);2*1H/t15-,16+,18+,19+;;/m1../s1. The number of rotatable bonds is 3. The van der Waals surface area contributed by atoms with Gasteiger partial charge >= 0.3 is 0 Å². The van der Waals surface area contributed by atoms with Crippen molar-refractivity contribution in [2.45, 2.75) is 44.7 Å². The zero-order valence-electron chi connectivity index (χ0n) is 16.9. The van der Waals surface area contributed by atoms with Crippen LogP contribution in [0.4, 0.5) is 0 Å². The summed E-state index contributed by atoms with van der Waals surface area (Å²) in [6.07, 6.45) is 5.25. The fourth-order valence-electron chi connectivity index (χ4n) is 5.72. The second-order valence-electron chi connectivity index (χ2n) is 8.54. The van der Waals surface area contributed by atoms with E-state index in [0.29, 0.717) is 30.3 Å².